The van der Waals surface area contributed by atoms with E-state index < -0.39 is 0 Å². The van der Waals surface area contributed by atoms with Gasteiger partial charge in [-0.1, -0.05) is 44.4 Å². The van der Waals surface area contributed by atoms with Crippen molar-refractivity contribution in [2.45, 2.75) is 59.4 Å². The summed E-state index contributed by atoms with van der Waals surface area (Å²) in [6.45, 7) is 6.98. The van der Waals surface area contributed by atoms with E-state index in [0.29, 0.717) is 0 Å². The summed E-state index contributed by atoms with van der Waals surface area (Å²) >= 11 is 3.10. The van der Waals surface area contributed by atoms with Crippen molar-refractivity contribution < 1.29 is 4.79 Å². The topological polar surface area (TPSA) is 45.2 Å². The number of aryl methyl sites for hydroxylation is 3. The number of rotatable bonds is 10. The molecule has 4 nitrogen and oxygen atoms in total. The molecule has 1 amide bonds. The maximum absolute atomic E-state index is 12.9. The van der Waals surface area contributed by atoms with Gasteiger partial charge in [-0.25, -0.2) is 4.98 Å². The van der Waals surface area contributed by atoms with E-state index in [4.69, 9.17) is 0 Å². The van der Waals surface area contributed by atoms with Crippen LogP contribution in [0.25, 0.3) is 0 Å². The van der Waals surface area contributed by atoms with Gasteiger partial charge in [0.2, 0.25) is 0 Å². The van der Waals surface area contributed by atoms with Crippen molar-refractivity contribution in [2.75, 3.05) is 17.3 Å². The van der Waals surface area contributed by atoms with Gasteiger partial charge in [0.25, 0.3) is 5.91 Å². The number of thiazole rings is 1. The Morgan fingerprint density at radius 3 is 2.60 bits per heavy atom. The fraction of sp³-hybridized carbons (Fsp3) is 0.417. The number of para-hydroxylation sites is 1. The van der Waals surface area contributed by atoms with Gasteiger partial charge in [-0.15, -0.1) is 22.7 Å². The van der Waals surface area contributed by atoms with Gasteiger partial charge in [0, 0.05) is 29.0 Å². The highest BCUT2D eigenvalue weighted by Crippen LogP contribution is 2.27. The average molecular weight is 442 g/mol. The number of unbranched alkanes of at least 4 members (excludes halogenated alkanes) is 3. The Balaban J connectivity index is 1.60. The van der Waals surface area contributed by atoms with Crippen molar-refractivity contribution in [3.8, 4) is 0 Å². The van der Waals surface area contributed by atoms with Crippen LogP contribution in [0.2, 0.25) is 0 Å². The third-order valence-electron chi connectivity index (χ3n) is 5.25. The normalized spacial score (nSPS) is 10.9. The SMILES string of the molecule is CCCCCCc1ccccc1NCc1ccc(C(=O)N(C)c2nc(C)c(C)s2)s1. The van der Waals surface area contributed by atoms with Crippen LogP contribution < -0.4 is 10.2 Å². The van der Waals surface area contributed by atoms with E-state index >= 15 is 0 Å². The molecule has 0 radical (unpaired) electrons. The van der Waals surface area contributed by atoms with Gasteiger partial charge < -0.3 is 5.32 Å². The monoisotopic (exact) mass is 441 g/mol. The minimum Gasteiger partial charge on any atom is -0.380 e. The fourth-order valence-electron chi connectivity index (χ4n) is 3.27. The number of thiophene rings is 1. The zero-order valence-corrected chi connectivity index (χ0v) is 20.0. The highest BCUT2D eigenvalue weighted by atomic mass is 32.1. The molecule has 3 aromatic rings. The Hall–Kier alpha value is -2.18. The first kappa shape index (κ1) is 22.5. The van der Waals surface area contributed by atoms with Crippen LogP contribution in [-0.4, -0.2) is 17.9 Å². The van der Waals surface area contributed by atoms with E-state index in [9.17, 15) is 4.79 Å². The third-order valence-corrected chi connectivity index (χ3v) is 7.47. The molecule has 160 valence electrons. The van der Waals surface area contributed by atoms with Gasteiger partial charge in [-0.2, -0.15) is 0 Å². The number of hydrogen-bond acceptors (Lipinski definition) is 5. The lowest BCUT2D eigenvalue weighted by atomic mass is 10.0. The molecular weight excluding hydrogens is 410 g/mol. The predicted molar refractivity (Wildman–Crippen MR) is 130 cm³/mol. The molecule has 30 heavy (non-hydrogen) atoms. The van der Waals surface area contributed by atoms with Crippen LogP contribution in [0.4, 0.5) is 10.8 Å². The van der Waals surface area contributed by atoms with Gasteiger partial charge in [0.05, 0.1) is 10.6 Å². The summed E-state index contributed by atoms with van der Waals surface area (Å²) in [6.07, 6.45) is 6.18. The molecule has 0 spiro atoms. The Morgan fingerprint density at radius 2 is 1.87 bits per heavy atom. The van der Waals surface area contributed by atoms with Crippen molar-refractivity contribution in [2.24, 2.45) is 0 Å². The smallest absolute Gasteiger partial charge is 0.269 e. The summed E-state index contributed by atoms with van der Waals surface area (Å²) < 4.78 is 0. The lowest BCUT2D eigenvalue weighted by molar-refractivity contribution is 0.0997. The summed E-state index contributed by atoms with van der Waals surface area (Å²) in [5.74, 6) is -0.00340. The van der Waals surface area contributed by atoms with Crippen LogP contribution in [0.15, 0.2) is 36.4 Å². The second-order valence-corrected chi connectivity index (χ2v) is 9.94. The molecule has 0 atom stereocenters. The minimum absolute atomic E-state index is 0.00340. The number of carbonyl (C=O) groups is 1. The van der Waals surface area contributed by atoms with E-state index in [0.717, 1.165) is 38.4 Å². The van der Waals surface area contributed by atoms with Crippen LogP contribution in [0.3, 0.4) is 0 Å². The predicted octanol–water partition coefficient (Wildman–Crippen LogP) is 6.83. The second kappa shape index (κ2) is 10.7. The maximum atomic E-state index is 12.9. The number of aromatic nitrogens is 1. The number of carbonyl (C=O) groups excluding carboxylic acids is 1. The lowest BCUT2D eigenvalue weighted by Crippen LogP contribution is -2.25. The summed E-state index contributed by atoms with van der Waals surface area (Å²) in [5.41, 5.74) is 3.55. The quantitative estimate of drug-likeness (QED) is 0.351. The van der Waals surface area contributed by atoms with E-state index in [-0.39, 0.29) is 5.91 Å². The largest absolute Gasteiger partial charge is 0.380 e. The summed E-state index contributed by atoms with van der Waals surface area (Å²) in [4.78, 5) is 22.1. The first-order valence-corrected chi connectivity index (χ1v) is 12.3. The molecule has 0 saturated heterocycles. The van der Waals surface area contributed by atoms with E-state index in [2.05, 4.69) is 41.5 Å². The molecule has 0 fully saturated rings. The van der Waals surface area contributed by atoms with E-state index in [1.807, 2.05) is 26.0 Å². The summed E-state index contributed by atoms with van der Waals surface area (Å²) in [7, 11) is 1.80. The van der Waals surface area contributed by atoms with Gasteiger partial charge in [-0.3, -0.25) is 9.69 Å². The molecule has 1 N–H and O–H groups in total. The number of anilines is 2. The molecule has 0 bridgehead atoms. The number of nitrogens with one attached hydrogen (secondary N) is 1. The van der Waals surface area contributed by atoms with Crippen LogP contribution in [0, 0.1) is 13.8 Å². The van der Waals surface area contributed by atoms with Crippen molar-refractivity contribution in [1.29, 1.82) is 0 Å². The van der Waals surface area contributed by atoms with Crippen molar-refractivity contribution >= 4 is 39.4 Å². The van der Waals surface area contributed by atoms with Crippen LogP contribution in [0.1, 0.15) is 63.3 Å². The average Bonchev–Trinajstić information content (AvgIpc) is 3.36. The standard InChI is InChI=1S/C24H31N3OS2/c1-5-6-7-8-11-19-12-9-10-13-21(19)25-16-20-14-15-22(30-20)23(28)27(4)24-26-17(2)18(3)29-24/h9-10,12-15,25H,5-8,11,16H2,1-4H3. The van der Waals surface area contributed by atoms with Crippen molar-refractivity contribution in [3.05, 3.63) is 62.3 Å². The van der Waals surface area contributed by atoms with Crippen LogP contribution >= 0.6 is 22.7 Å². The molecule has 2 aromatic heterocycles. The number of nitrogens with zero attached hydrogens (tertiary/aromatic N) is 2. The molecule has 0 saturated carbocycles. The summed E-state index contributed by atoms with van der Waals surface area (Å²) in [6, 6.07) is 12.5. The molecule has 0 unspecified atom stereocenters. The van der Waals surface area contributed by atoms with Gasteiger partial charge >= 0.3 is 0 Å². The van der Waals surface area contributed by atoms with E-state index in [1.165, 1.54) is 36.9 Å². The Bertz CT molecular complexity index is 957. The Morgan fingerprint density at radius 1 is 1.07 bits per heavy atom. The van der Waals surface area contributed by atoms with E-state index in [1.54, 1.807) is 34.6 Å². The number of amides is 1. The first-order chi connectivity index (χ1) is 14.5. The maximum Gasteiger partial charge on any atom is 0.269 e. The zero-order chi connectivity index (χ0) is 21.5. The molecule has 6 heteroatoms. The van der Waals surface area contributed by atoms with Crippen LogP contribution in [-0.2, 0) is 13.0 Å². The van der Waals surface area contributed by atoms with Gasteiger partial charge in [0.1, 0.15) is 0 Å². The summed E-state index contributed by atoms with van der Waals surface area (Å²) in [5, 5.41) is 4.32. The third kappa shape index (κ3) is 5.70. The molecular formula is C24H31N3OS2. The lowest BCUT2D eigenvalue weighted by Gasteiger charge is -2.12. The first-order valence-electron chi connectivity index (χ1n) is 10.6. The van der Waals surface area contributed by atoms with Gasteiger partial charge in [0.15, 0.2) is 5.13 Å². The molecule has 0 aliphatic rings. The molecule has 2 heterocycles. The Kier molecular flexibility index (Phi) is 8.05. The highest BCUT2D eigenvalue weighted by molar-refractivity contribution is 7.16. The fourth-order valence-corrected chi connectivity index (χ4v) is 5.07. The molecule has 1 aromatic carbocycles. The molecule has 0 aliphatic heterocycles. The zero-order valence-electron chi connectivity index (χ0n) is 18.3. The minimum atomic E-state index is -0.00340. The van der Waals surface area contributed by atoms with Crippen molar-refractivity contribution in [1.82, 2.24) is 4.98 Å². The molecule has 0 aliphatic carbocycles. The Labute approximate surface area is 188 Å². The highest BCUT2D eigenvalue weighted by Gasteiger charge is 2.19. The molecule has 3 rings (SSSR count). The second-order valence-electron chi connectivity index (χ2n) is 7.59. The number of benzene rings is 1. The van der Waals surface area contributed by atoms with Gasteiger partial charge in [-0.05, 0) is 50.5 Å². The van der Waals surface area contributed by atoms with Crippen LogP contribution in [0.5, 0.6) is 0 Å². The number of hydrogen-bond donors (Lipinski definition) is 1. The van der Waals surface area contributed by atoms with Crippen molar-refractivity contribution in [3.63, 3.8) is 0 Å².